The first kappa shape index (κ1) is 20.5. The standard InChI is InChI=1S/C22H20F3N5O2/c1-21(31,22(23,24)25)10-30-20-17(19(26)27-11-28-20)18(29-30)14-3-2-13-9-16(32-15-6-7-15)5-4-12(13)8-14/h2-5,8-9,11,15,31H,6-7,10H2,1H3,(H2,26,27,28). The highest BCUT2D eigenvalue weighted by Crippen LogP contribution is 2.36. The lowest BCUT2D eigenvalue weighted by atomic mass is 10.0. The van der Waals surface area contributed by atoms with E-state index < -0.39 is 18.3 Å². The summed E-state index contributed by atoms with van der Waals surface area (Å²) in [5.41, 5.74) is 4.14. The van der Waals surface area contributed by atoms with Crippen LogP contribution >= 0.6 is 0 Å². The number of benzene rings is 2. The molecular weight excluding hydrogens is 423 g/mol. The third-order valence-electron chi connectivity index (χ3n) is 5.54. The largest absolute Gasteiger partial charge is 0.490 e. The molecule has 0 spiro atoms. The van der Waals surface area contributed by atoms with Crippen molar-refractivity contribution in [1.82, 2.24) is 19.7 Å². The van der Waals surface area contributed by atoms with Gasteiger partial charge in [-0.2, -0.15) is 18.3 Å². The summed E-state index contributed by atoms with van der Waals surface area (Å²) in [5, 5.41) is 16.5. The maximum Gasteiger partial charge on any atom is 0.418 e. The molecule has 166 valence electrons. The number of anilines is 1. The van der Waals surface area contributed by atoms with E-state index in [4.69, 9.17) is 10.5 Å². The van der Waals surface area contributed by atoms with Gasteiger partial charge >= 0.3 is 6.18 Å². The number of nitrogens with two attached hydrogens (primary N) is 1. The first-order chi connectivity index (χ1) is 15.1. The van der Waals surface area contributed by atoms with Crippen LogP contribution in [0.1, 0.15) is 19.8 Å². The van der Waals surface area contributed by atoms with Gasteiger partial charge in [0.05, 0.1) is 18.0 Å². The Morgan fingerprint density at radius 1 is 1.12 bits per heavy atom. The summed E-state index contributed by atoms with van der Waals surface area (Å²) in [7, 11) is 0. The van der Waals surface area contributed by atoms with Crippen LogP contribution in [0.5, 0.6) is 5.75 Å². The van der Waals surface area contributed by atoms with Crippen LogP contribution in [0, 0.1) is 0 Å². The highest BCUT2D eigenvalue weighted by atomic mass is 19.4. The van der Waals surface area contributed by atoms with Gasteiger partial charge in [-0.05, 0) is 48.7 Å². The van der Waals surface area contributed by atoms with E-state index in [0.29, 0.717) is 29.7 Å². The number of ether oxygens (including phenoxy) is 1. The molecule has 5 rings (SSSR count). The molecule has 1 atom stereocenters. The van der Waals surface area contributed by atoms with E-state index in [2.05, 4.69) is 15.1 Å². The number of aliphatic hydroxyl groups is 1. The fourth-order valence-electron chi connectivity index (χ4n) is 3.55. The molecule has 0 bridgehead atoms. The molecule has 1 unspecified atom stereocenters. The molecule has 2 aromatic carbocycles. The molecule has 2 heterocycles. The SMILES string of the molecule is CC(O)(Cn1nc(-c2ccc3cc(OC4CC4)ccc3c2)c2c(N)ncnc21)C(F)(F)F. The van der Waals surface area contributed by atoms with E-state index in [-0.39, 0.29) is 11.5 Å². The first-order valence-electron chi connectivity index (χ1n) is 10.1. The molecule has 1 aliphatic rings. The lowest BCUT2D eigenvalue weighted by Gasteiger charge is -2.26. The van der Waals surface area contributed by atoms with Gasteiger partial charge in [0.25, 0.3) is 0 Å². The minimum absolute atomic E-state index is 0.0937. The number of nitrogen functional groups attached to an aromatic ring is 1. The van der Waals surface area contributed by atoms with Gasteiger partial charge in [-0.15, -0.1) is 0 Å². The van der Waals surface area contributed by atoms with Crippen LogP contribution in [0.3, 0.4) is 0 Å². The predicted octanol–water partition coefficient (Wildman–Crippen LogP) is 4.08. The lowest BCUT2D eigenvalue weighted by molar-refractivity contribution is -0.257. The summed E-state index contributed by atoms with van der Waals surface area (Å²) >= 11 is 0. The van der Waals surface area contributed by atoms with Crippen molar-refractivity contribution in [3.63, 3.8) is 0 Å². The minimum Gasteiger partial charge on any atom is -0.490 e. The fraction of sp³-hybridized carbons (Fsp3) is 0.318. The second-order valence-electron chi connectivity index (χ2n) is 8.28. The van der Waals surface area contributed by atoms with Crippen LogP contribution in [0.25, 0.3) is 33.1 Å². The summed E-state index contributed by atoms with van der Waals surface area (Å²) in [4.78, 5) is 8.05. The first-order valence-corrected chi connectivity index (χ1v) is 10.1. The Labute approximate surface area is 180 Å². The van der Waals surface area contributed by atoms with Crippen LogP contribution in [0.4, 0.5) is 19.0 Å². The molecule has 3 N–H and O–H groups in total. The van der Waals surface area contributed by atoms with Crippen LogP contribution in [0.2, 0.25) is 0 Å². The van der Waals surface area contributed by atoms with E-state index in [9.17, 15) is 18.3 Å². The molecule has 2 aromatic heterocycles. The van der Waals surface area contributed by atoms with E-state index in [1.54, 1.807) is 0 Å². The van der Waals surface area contributed by atoms with Gasteiger partial charge in [0, 0.05) is 5.56 Å². The van der Waals surface area contributed by atoms with Gasteiger partial charge < -0.3 is 15.6 Å². The third-order valence-corrected chi connectivity index (χ3v) is 5.54. The molecule has 1 aliphatic carbocycles. The maximum absolute atomic E-state index is 13.3. The zero-order valence-corrected chi connectivity index (χ0v) is 17.1. The average molecular weight is 443 g/mol. The number of rotatable bonds is 5. The molecule has 1 saturated carbocycles. The van der Waals surface area contributed by atoms with Gasteiger partial charge in [-0.1, -0.05) is 18.2 Å². The molecule has 4 aromatic rings. The van der Waals surface area contributed by atoms with Crippen molar-refractivity contribution in [2.45, 2.75) is 44.2 Å². The van der Waals surface area contributed by atoms with Crippen LogP contribution in [-0.2, 0) is 6.54 Å². The monoisotopic (exact) mass is 443 g/mol. The number of hydrogen-bond acceptors (Lipinski definition) is 6. The number of aromatic nitrogens is 4. The molecule has 1 fully saturated rings. The fourth-order valence-corrected chi connectivity index (χ4v) is 3.55. The Bertz CT molecular complexity index is 1330. The number of nitrogens with zero attached hydrogens (tertiary/aromatic N) is 4. The minimum atomic E-state index is -4.84. The van der Waals surface area contributed by atoms with Gasteiger partial charge in [0.1, 0.15) is 23.6 Å². The second kappa shape index (κ2) is 7.06. The zero-order valence-electron chi connectivity index (χ0n) is 17.1. The van der Waals surface area contributed by atoms with Crippen LogP contribution in [0.15, 0.2) is 42.7 Å². The van der Waals surface area contributed by atoms with Gasteiger partial charge in [0.2, 0.25) is 0 Å². The third kappa shape index (κ3) is 3.60. The lowest BCUT2D eigenvalue weighted by Crippen LogP contribution is -2.46. The predicted molar refractivity (Wildman–Crippen MR) is 113 cm³/mol. The van der Waals surface area contributed by atoms with Crippen molar-refractivity contribution in [1.29, 1.82) is 0 Å². The van der Waals surface area contributed by atoms with Crippen molar-refractivity contribution >= 4 is 27.6 Å². The summed E-state index contributed by atoms with van der Waals surface area (Å²) in [6, 6.07) is 11.3. The summed E-state index contributed by atoms with van der Waals surface area (Å²) in [6.07, 6.45) is -1.26. The van der Waals surface area contributed by atoms with E-state index in [1.165, 1.54) is 0 Å². The molecule has 0 aliphatic heterocycles. The normalized spacial score (nSPS) is 16.4. The van der Waals surface area contributed by atoms with E-state index >= 15 is 0 Å². The molecule has 7 nitrogen and oxygen atoms in total. The smallest absolute Gasteiger partial charge is 0.418 e. The Morgan fingerprint density at radius 2 is 1.84 bits per heavy atom. The number of hydrogen-bond donors (Lipinski definition) is 2. The molecule has 0 amide bonds. The summed E-state index contributed by atoms with van der Waals surface area (Å²) in [5.74, 6) is 0.894. The van der Waals surface area contributed by atoms with E-state index in [0.717, 1.165) is 40.4 Å². The van der Waals surface area contributed by atoms with E-state index in [1.807, 2.05) is 36.4 Å². The Morgan fingerprint density at radius 3 is 2.56 bits per heavy atom. The quantitative estimate of drug-likeness (QED) is 0.482. The molecular formula is C22H20F3N5O2. The van der Waals surface area contributed by atoms with Crippen molar-refractivity contribution in [2.24, 2.45) is 0 Å². The Hall–Kier alpha value is -3.40. The topological polar surface area (TPSA) is 99.1 Å². The summed E-state index contributed by atoms with van der Waals surface area (Å²) in [6.45, 7) is -0.138. The van der Waals surface area contributed by atoms with Crippen LogP contribution < -0.4 is 10.5 Å². The van der Waals surface area contributed by atoms with Gasteiger partial charge in [-0.3, -0.25) is 0 Å². The second-order valence-corrected chi connectivity index (χ2v) is 8.28. The van der Waals surface area contributed by atoms with Crippen molar-refractivity contribution in [3.05, 3.63) is 42.7 Å². The summed E-state index contributed by atoms with van der Waals surface area (Å²) < 4.78 is 46.6. The van der Waals surface area contributed by atoms with Crippen molar-refractivity contribution < 1.29 is 23.0 Å². The number of halogens is 3. The maximum atomic E-state index is 13.3. The molecule has 0 saturated heterocycles. The Kier molecular flexibility index (Phi) is 4.52. The van der Waals surface area contributed by atoms with Gasteiger partial charge in [-0.25, -0.2) is 14.6 Å². The highest BCUT2D eigenvalue weighted by Gasteiger charge is 2.50. The number of alkyl halides is 3. The molecule has 10 heteroatoms. The Balaban J connectivity index is 1.59. The average Bonchev–Trinajstić information content (AvgIpc) is 3.47. The number of fused-ring (bicyclic) bond motifs is 2. The van der Waals surface area contributed by atoms with Crippen molar-refractivity contribution in [2.75, 3.05) is 5.73 Å². The zero-order chi connectivity index (χ0) is 22.7. The van der Waals surface area contributed by atoms with Crippen LogP contribution in [-0.4, -0.2) is 42.7 Å². The molecule has 0 radical (unpaired) electrons. The van der Waals surface area contributed by atoms with Gasteiger partial charge in [0.15, 0.2) is 11.2 Å². The van der Waals surface area contributed by atoms with Crippen molar-refractivity contribution in [3.8, 4) is 17.0 Å². The molecule has 32 heavy (non-hydrogen) atoms. The highest BCUT2D eigenvalue weighted by molar-refractivity contribution is 6.00.